The van der Waals surface area contributed by atoms with Crippen molar-refractivity contribution in [2.45, 2.75) is 12.6 Å². The van der Waals surface area contributed by atoms with Gasteiger partial charge in [-0.3, -0.25) is 4.79 Å². The van der Waals surface area contributed by atoms with E-state index in [1.165, 1.54) is 15.6 Å². The van der Waals surface area contributed by atoms with Gasteiger partial charge in [0, 0.05) is 31.4 Å². The highest BCUT2D eigenvalue weighted by molar-refractivity contribution is 7.17. The minimum Gasteiger partial charge on any atom is -0.366 e. The number of carbonyl (C=O) groups excluding carboxylic acids is 1. The second kappa shape index (κ2) is 7.22. The van der Waals surface area contributed by atoms with Crippen LogP contribution in [0.4, 0.5) is 0 Å². The molecule has 1 N–H and O–H groups in total. The van der Waals surface area contributed by atoms with Crippen LogP contribution in [0, 0.1) is 0 Å². The number of carbonyl (C=O) groups is 1. The molecule has 1 saturated heterocycles. The number of fused-ring (bicyclic) bond motifs is 1. The molecule has 1 atom stereocenters. The third-order valence-corrected chi connectivity index (χ3v) is 4.56. The third kappa shape index (κ3) is 3.55. The van der Waals surface area contributed by atoms with E-state index in [-0.39, 0.29) is 24.4 Å². The molecule has 4 nitrogen and oxygen atoms in total. The highest BCUT2D eigenvalue weighted by atomic mass is 35.5. The number of hydrogen-bond acceptors (Lipinski definition) is 4. The zero-order chi connectivity index (χ0) is 13.9. The van der Waals surface area contributed by atoms with Gasteiger partial charge in [0.1, 0.15) is 6.10 Å². The second-order valence-corrected chi connectivity index (χ2v) is 5.93. The van der Waals surface area contributed by atoms with Gasteiger partial charge in [-0.05, 0) is 22.4 Å². The van der Waals surface area contributed by atoms with Crippen LogP contribution in [0.2, 0.25) is 0 Å². The van der Waals surface area contributed by atoms with Crippen LogP contribution in [0.5, 0.6) is 0 Å². The van der Waals surface area contributed by atoms with Crippen molar-refractivity contribution in [3.8, 4) is 0 Å². The van der Waals surface area contributed by atoms with Crippen molar-refractivity contribution in [1.29, 1.82) is 0 Å². The molecule has 0 bridgehead atoms. The lowest BCUT2D eigenvalue weighted by Gasteiger charge is -2.27. The van der Waals surface area contributed by atoms with E-state index in [2.05, 4.69) is 22.8 Å². The molecule has 0 aliphatic carbocycles. The van der Waals surface area contributed by atoms with Crippen molar-refractivity contribution in [3.63, 3.8) is 0 Å². The largest absolute Gasteiger partial charge is 0.366 e. The summed E-state index contributed by atoms with van der Waals surface area (Å²) in [7, 11) is 1.84. The predicted octanol–water partition coefficient (Wildman–Crippen LogP) is 2.27. The van der Waals surface area contributed by atoms with Gasteiger partial charge in [0.2, 0.25) is 0 Å². The summed E-state index contributed by atoms with van der Waals surface area (Å²) >= 11 is 1.72. The standard InChI is InChI=1S/C15H18N2O2S.ClH/c1-17(15(18)13-8-16-6-7-19-13)9-11-10-20-14-5-3-2-4-12(11)14;/h2-5,10,13,16H,6-9H2,1H3;1H. The predicted molar refractivity (Wildman–Crippen MR) is 88.2 cm³/mol. The number of ether oxygens (including phenoxy) is 1. The average molecular weight is 327 g/mol. The van der Waals surface area contributed by atoms with Crippen molar-refractivity contribution < 1.29 is 9.53 Å². The lowest BCUT2D eigenvalue weighted by atomic mass is 10.1. The Bertz CT molecular complexity index is 610. The first-order valence-corrected chi connectivity index (χ1v) is 7.66. The molecule has 6 heteroatoms. The Kier molecular flexibility index (Phi) is 5.58. The summed E-state index contributed by atoms with van der Waals surface area (Å²) in [5, 5.41) is 6.56. The number of nitrogens with one attached hydrogen (secondary N) is 1. The van der Waals surface area contributed by atoms with Crippen molar-refractivity contribution in [1.82, 2.24) is 10.2 Å². The molecule has 114 valence electrons. The molecule has 2 heterocycles. The molecule has 0 saturated carbocycles. The quantitative estimate of drug-likeness (QED) is 0.940. The number of hydrogen-bond donors (Lipinski definition) is 1. The summed E-state index contributed by atoms with van der Waals surface area (Å²) in [6.45, 7) is 2.66. The first kappa shape index (κ1) is 16.2. The fourth-order valence-electron chi connectivity index (χ4n) is 2.46. The number of benzene rings is 1. The maximum absolute atomic E-state index is 12.3. The third-order valence-electron chi connectivity index (χ3n) is 3.55. The highest BCUT2D eigenvalue weighted by Crippen LogP contribution is 2.26. The number of halogens is 1. The second-order valence-electron chi connectivity index (χ2n) is 5.01. The van der Waals surface area contributed by atoms with Crippen LogP contribution in [0.3, 0.4) is 0 Å². The fourth-order valence-corrected chi connectivity index (χ4v) is 3.41. The lowest BCUT2D eigenvalue weighted by molar-refractivity contribution is -0.144. The van der Waals surface area contributed by atoms with Crippen LogP contribution in [0.15, 0.2) is 29.6 Å². The van der Waals surface area contributed by atoms with Crippen molar-refractivity contribution >= 4 is 39.7 Å². The highest BCUT2D eigenvalue weighted by Gasteiger charge is 2.25. The maximum atomic E-state index is 12.3. The Balaban J connectivity index is 0.00000161. The molecule has 1 aromatic heterocycles. The van der Waals surface area contributed by atoms with E-state index in [1.54, 1.807) is 16.2 Å². The maximum Gasteiger partial charge on any atom is 0.253 e. The molecule has 21 heavy (non-hydrogen) atoms. The van der Waals surface area contributed by atoms with E-state index >= 15 is 0 Å². The number of thiophene rings is 1. The van der Waals surface area contributed by atoms with E-state index in [4.69, 9.17) is 4.74 Å². The van der Waals surface area contributed by atoms with E-state index < -0.39 is 0 Å². The van der Waals surface area contributed by atoms with E-state index in [0.717, 1.165) is 6.54 Å². The monoisotopic (exact) mass is 326 g/mol. The molecular formula is C15H19ClN2O2S. The van der Waals surface area contributed by atoms with Gasteiger partial charge in [-0.1, -0.05) is 18.2 Å². The van der Waals surface area contributed by atoms with Gasteiger partial charge >= 0.3 is 0 Å². The van der Waals surface area contributed by atoms with Gasteiger partial charge in [-0.25, -0.2) is 0 Å². The number of rotatable bonds is 3. The normalized spacial score (nSPS) is 18.2. The van der Waals surface area contributed by atoms with Crippen molar-refractivity contribution in [3.05, 3.63) is 35.2 Å². The van der Waals surface area contributed by atoms with E-state index in [1.807, 2.05) is 19.2 Å². The van der Waals surface area contributed by atoms with Gasteiger partial charge in [0.05, 0.1) is 6.61 Å². The lowest BCUT2D eigenvalue weighted by Crippen LogP contribution is -2.48. The summed E-state index contributed by atoms with van der Waals surface area (Å²) in [6.07, 6.45) is -0.348. The summed E-state index contributed by atoms with van der Waals surface area (Å²) < 4.78 is 6.78. The number of morpholine rings is 1. The number of amides is 1. The molecule has 1 amide bonds. The van der Waals surface area contributed by atoms with Gasteiger partial charge in [0.15, 0.2) is 0 Å². The van der Waals surface area contributed by atoms with Crippen LogP contribution in [-0.2, 0) is 16.1 Å². The van der Waals surface area contributed by atoms with Crippen LogP contribution in [0.25, 0.3) is 10.1 Å². The van der Waals surface area contributed by atoms with Crippen molar-refractivity contribution in [2.75, 3.05) is 26.7 Å². The Morgan fingerprint density at radius 2 is 2.29 bits per heavy atom. The first-order chi connectivity index (χ1) is 9.75. The zero-order valence-electron chi connectivity index (χ0n) is 11.9. The molecule has 1 aliphatic heterocycles. The van der Waals surface area contributed by atoms with Crippen LogP contribution in [-0.4, -0.2) is 43.7 Å². The van der Waals surface area contributed by atoms with E-state index in [0.29, 0.717) is 19.7 Å². The first-order valence-electron chi connectivity index (χ1n) is 6.78. The molecule has 1 fully saturated rings. The zero-order valence-corrected chi connectivity index (χ0v) is 13.5. The molecule has 0 radical (unpaired) electrons. The fraction of sp³-hybridized carbons (Fsp3) is 0.400. The number of nitrogens with zero attached hydrogens (tertiary/aromatic N) is 1. The summed E-state index contributed by atoms with van der Waals surface area (Å²) in [4.78, 5) is 14.1. The van der Waals surface area contributed by atoms with Gasteiger partial charge in [-0.2, -0.15) is 0 Å². The van der Waals surface area contributed by atoms with Crippen molar-refractivity contribution in [2.24, 2.45) is 0 Å². The molecule has 1 aromatic carbocycles. The van der Waals surface area contributed by atoms with Gasteiger partial charge in [-0.15, -0.1) is 23.7 Å². The molecule has 3 rings (SSSR count). The van der Waals surface area contributed by atoms with E-state index in [9.17, 15) is 4.79 Å². The Morgan fingerprint density at radius 1 is 1.48 bits per heavy atom. The molecule has 0 spiro atoms. The van der Waals surface area contributed by atoms with Crippen LogP contribution in [0.1, 0.15) is 5.56 Å². The molecular weight excluding hydrogens is 308 g/mol. The molecule has 1 aliphatic rings. The minimum atomic E-state index is -0.348. The SMILES string of the molecule is CN(Cc1csc2ccccc12)C(=O)C1CNCCO1.Cl. The average Bonchev–Trinajstić information content (AvgIpc) is 2.91. The van der Waals surface area contributed by atoms with Crippen LogP contribution >= 0.6 is 23.7 Å². The van der Waals surface area contributed by atoms with Gasteiger partial charge in [0.25, 0.3) is 5.91 Å². The Morgan fingerprint density at radius 3 is 3.05 bits per heavy atom. The molecule has 2 aromatic rings. The topological polar surface area (TPSA) is 41.6 Å². The summed E-state index contributed by atoms with van der Waals surface area (Å²) in [5.41, 5.74) is 1.20. The summed E-state index contributed by atoms with van der Waals surface area (Å²) in [6, 6.07) is 8.30. The Hall–Kier alpha value is -1.14. The Labute approximate surface area is 134 Å². The van der Waals surface area contributed by atoms with Gasteiger partial charge < -0.3 is 15.0 Å². The minimum absolute atomic E-state index is 0. The van der Waals surface area contributed by atoms with Crippen LogP contribution < -0.4 is 5.32 Å². The smallest absolute Gasteiger partial charge is 0.253 e. The summed E-state index contributed by atoms with van der Waals surface area (Å²) in [5.74, 6) is 0.0486. The molecule has 1 unspecified atom stereocenters. The number of likely N-dealkylation sites (N-methyl/N-ethyl adjacent to an activating group) is 1.